The van der Waals surface area contributed by atoms with E-state index in [0.717, 1.165) is 20.6 Å². The fraction of sp³-hybridized carbons (Fsp3) is 0.167. The largest absolute Gasteiger partial charge is 0.339 e. The molecule has 0 aliphatic carbocycles. The molecule has 128 valence electrons. The van der Waals surface area contributed by atoms with E-state index < -0.39 is 0 Å². The molecule has 1 amide bonds. The van der Waals surface area contributed by atoms with Crippen LogP contribution in [-0.4, -0.2) is 22.3 Å². The lowest BCUT2D eigenvalue weighted by atomic mass is 10.2. The van der Waals surface area contributed by atoms with Gasteiger partial charge in [0.15, 0.2) is 0 Å². The van der Waals surface area contributed by atoms with Crippen molar-refractivity contribution < 1.29 is 9.32 Å². The zero-order chi connectivity index (χ0) is 17.6. The van der Waals surface area contributed by atoms with Gasteiger partial charge in [-0.05, 0) is 42.7 Å². The van der Waals surface area contributed by atoms with Gasteiger partial charge in [0.05, 0.1) is 5.69 Å². The standard InChI is InChI=1S/C18H16BrN3O2S/c1-25-15-5-3-2-4-14(15)20-16(23)10-11-17-21-18(22-24-17)12-6-8-13(19)9-7-12/h2-9H,10-11H2,1H3,(H,20,23). The number of nitrogens with zero attached hydrogens (tertiary/aromatic N) is 2. The number of rotatable bonds is 6. The van der Waals surface area contributed by atoms with E-state index in [9.17, 15) is 4.79 Å². The van der Waals surface area contributed by atoms with Crippen molar-refractivity contribution in [1.29, 1.82) is 0 Å². The van der Waals surface area contributed by atoms with Gasteiger partial charge in [0, 0.05) is 27.8 Å². The molecule has 2 aromatic carbocycles. The zero-order valence-electron chi connectivity index (χ0n) is 13.5. The molecule has 7 heteroatoms. The molecular formula is C18H16BrN3O2S. The summed E-state index contributed by atoms with van der Waals surface area (Å²) in [7, 11) is 0. The molecule has 1 N–H and O–H groups in total. The monoisotopic (exact) mass is 417 g/mol. The number of carbonyl (C=O) groups excluding carboxylic acids is 1. The van der Waals surface area contributed by atoms with Crippen LogP contribution in [0.2, 0.25) is 0 Å². The number of hydrogen-bond donors (Lipinski definition) is 1. The number of amides is 1. The number of anilines is 1. The fourth-order valence-corrected chi connectivity index (χ4v) is 3.07. The summed E-state index contributed by atoms with van der Waals surface area (Å²) in [5.41, 5.74) is 1.69. The number of aromatic nitrogens is 2. The number of nitrogens with one attached hydrogen (secondary N) is 1. The summed E-state index contributed by atoms with van der Waals surface area (Å²) < 4.78 is 6.23. The third-order valence-electron chi connectivity index (χ3n) is 3.52. The Morgan fingerprint density at radius 2 is 1.96 bits per heavy atom. The van der Waals surface area contributed by atoms with Crippen molar-refractivity contribution in [2.75, 3.05) is 11.6 Å². The Kier molecular flexibility index (Phi) is 5.88. The maximum absolute atomic E-state index is 12.2. The molecule has 3 aromatic rings. The highest BCUT2D eigenvalue weighted by molar-refractivity contribution is 9.10. The maximum Gasteiger partial charge on any atom is 0.227 e. The number of carbonyl (C=O) groups is 1. The summed E-state index contributed by atoms with van der Waals surface area (Å²) in [5, 5.41) is 6.89. The predicted octanol–water partition coefficient (Wildman–Crippen LogP) is 4.79. The third-order valence-corrected chi connectivity index (χ3v) is 4.84. The molecule has 0 bridgehead atoms. The fourth-order valence-electron chi connectivity index (χ4n) is 2.25. The molecule has 0 saturated heterocycles. The number of para-hydroxylation sites is 1. The molecule has 1 heterocycles. The van der Waals surface area contributed by atoms with Gasteiger partial charge in [-0.1, -0.05) is 33.2 Å². The van der Waals surface area contributed by atoms with Gasteiger partial charge in [-0.2, -0.15) is 4.98 Å². The molecule has 0 spiro atoms. The van der Waals surface area contributed by atoms with Gasteiger partial charge in [0.25, 0.3) is 0 Å². The lowest BCUT2D eigenvalue weighted by Gasteiger charge is -2.08. The molecule has 0 radical (unpaired) electrons. The SMILES string of the molecule is CSc1ccccc1NC(=O)CCc1nc(-c2ccc(Br)cc2)no1. The van der Waals surface area contributed by atoms with Gasteiger partial charge in [-0.15, -0.1) is 11.8 Å². The Bertz CT molecular complexity index is 865. The molecular weight excluding hydrogens is 402 g/mol. The smallest absolute Gasteiger partial charge is 0.227 e. The van der Waals surface area contributed by atoms with Gasteiger partial charge in [-0.3, -0.25) is 4.79 Å². The second-order valence-corrected chi connectivity index (χ2v) is 7.03. The maximum atomic E-state index is 12.2. The van der Waals surface area contributed by atoms with Crippen LogP contribution in [0, 0.1) is 0 Å². The van der Waals surface area contributed by atoms with Gasteiger partial charge in [0.2, 0.25) is 17.6 Å². The molecule has 0 atom stereocenters. The summed E-state index contributed by atoms with van der Waals surface area (Å²) in [4.78, 5) is 17.5. The van der Waals surface area contributed by atoms with Crippen molar-refractivity contribution in [3.63, 3.8) is 0 Å². The first-order chi connectivity index (χ1) is 12.2. The predicted molar refractivity (Wildman–Crippen MR) is 103 cm³/mol. The van der Waals surface area contributed by atoms with E-state index in [-0.39, 0.29) is 12.3 Å². The first-order valence-electron chi connectivity index (χ1n) is 7.67. The first kappa shape index (κ1) is 17.7. The van der Waals surface area contributed by atoms with Crippen LogP contribution in [0.1, 0.15) is 12.3 Å². The van der Waals surface area contributed by atoms with Crippen LogP contribution in [0.4, 0.5) is 5.69 Å². The van der Waals surface area contributed by atoms with Crippen LogP contribution < -0.4 is 5.32 Å². The van der Waals surface area contributed by atoms with Crippen LogP contribution in [-0.2, 0) is 11.2 Å². The Morgan fingerprint density at radius 3 is 2.72 bits per heavy atom. The van der Waals surface area contributed by atoms with Gasteiger partial charge in [0.1, 0.15) is 0 Å². The molecule has 0 unspecified atom stereocenters. The van der Waals surface area contributed by atoms with Gasteiger partial charge in [-0.25, -0.2) is 0 Å². The van der Waals surface area contributed by atoms with E-state index in [1.165, 1.54) is 0 Å². The second kappa shape index (κ2) is 8.31. The minimum absolute atomic E-state index is 0.0788. The highest BCUT2D eigenvalue weighted by atomic mass is 79.9. The third kappa shape index (κ3) is 4.70. The number of thioether (sulfide) groups is 1. The van der Waals surface area contributed by atoms with Crippen molar-refractivity contribution in [2.45, 2.75) is 17.7 Å². The van der Waals surface area contributed by atoms with E-state index >= 15 is 0 Å². The topological polar surface area (TPSA) is 68.0 Å². The normalized spacial score (nSPS) is 10.6. The molecule has 5 nitrogen and oxygen atoms in total. The molecule has 3 rings (SSSR count). The van der Waals surface area contributed by atoms with E-state index in [0.29, 0.717) is 18.1 Å². The highest BCUT2D eigenvalue weighted by Gasteiger charge is 2.11. The van der Waals surface area contributed by atoms with E-state index in [1.54, 1.807) is 11.8 Å². The average Bonchev–Trinajstić information content (AvgIpc) is 3.10. The number of aryl methyl sites for hydroxylation is 1. The summed E-state index contributed by atoms with van der Waals surface area (Å²) in [6.45, 7) is 0. The number of benzene rings is 2. The van der Waals surface area contributed by atoms with Gasteiger partial charge >= 0.3 is 0 Å². The second-order valence-electron chi connectivity index (χ2n) is 5.27. The average molecular weight is 418 g/mol. The molecule has 0 aliphatic rings. The Hall–Kier alpha value is -2.12. The number of halogens is 1. The first-order valence-corrected chi connectivity index (χ1v) is 9.69. The van der Waals surface area contributed by atoms with E-state index in [2.05, 4.69) is 31.4 Å². The molecule has 25 heavy (non-hydrogen) atoms. The molecule has 0 fully saturated rings. The lowest BCUT2D eigenvalue weighted by molar-refractivity contribution is -0.116. The zero-order valence-corrected chi connectivity index (χ0v) is 15.9. The summed E-state index contributed by atoms with van der Waals surface area (Å²) in [6.07, 6.45) is 2.66. The number of hydrogen-bond acceptors (Lipinski definition) is 5. The highest BCUT2D eigenvalue weighted by Crippen LogP contribution is 2.25. The van der Waals surface area contributed by atoms with Crippen molar-refractivity contribution in [3.8, 4) is 11.4 Å². The summed E-state index contributed by atoms with van der Waals surface area (Å²) in [6, 6.07) is 15.4. The lowest BCUT2D eigenvalue weighted by Crippen LogP contribution is -2.13. The Morgan fingerprint density at radius 1 is 1.20 bits per heavy atom. The Labute approximate surface area is 158 Å². The van der Waals surface area contributed by atoms with Crippen LogP contribution in [0.3, 0.4) is 0 Å². The molecule has 0 aliphatic heterocycles. The Balaban J connectivity index is 1.58. The van der Waals surface area contributed by atoms with E-state index in [1.807, 2.05) is 54.8 Å². The van der Waals surface area contributed by atoms with Gasteiger partial charge < -0.3 is 9.84 Å². The quantitative estimate of drug-likeness (QED) is 0.583. The minimum atomic E-state index is -0.0788. The van der Waals surface area contributed by atoms with Crippen molar-refractivity contribution in [3.05, 3.63) is 58.9 Å². The van der Waals surface area contributed by atoms with Crippen LogP contribution in [0.15, 0.2) is 62.4 Å². The van der Waals surface area contributed by atoms with E-state index in [4.69, 9.17) is 4.52 Å². The van der Waals surface area contributed by atoms with Crippen LogP contribution in [0.5, 0.6) is 0 Å². The van der Waals surface area contributed by atoms with Crippen LogP contribution in [0.25, 0.3) is 11.4 Å². The van der Waals surface area contributed by atoms with Crippen molar-refractivity contribution in [2.24, 2.45) is 0 Å². The molecule has 1 aromatic heterocycles. The summed E-state index contributed by atoms with van der Waals surface area (Å²) >= 11 is 4.99. The van der Waals surface area contributed by atoms with Crippen molar-refractivity contribution >= 4 is 39.3 Å². The molecule has 0 saturated carbocycles. The van der Waals surface area contributed by atoms with Crippen LogP contribution >= 0.6 is 27.7 Å². The minimum Gasteiger partial charge on any atom is -0.339 e. The summed E-state index contributed by atoms with van der Waals surface area (Å²) in [5.74, 6) is 0.895. The van der Waals surface area contributed by atoms with Crippen molar-refractivity contribution in [1.82, 2.24) is 10.1 Å².